The van der Waals surface area contributed by atoms with Crippen molar-refractivity contribution in [3.8, 4) is 11.5 Å². The molecule has 2 aromatic rings. The second-order valence-corrected chi connectivity index (χ2v) is 3.75. The minimum atomic E-state index is -0.244. The highest BCUT2D eigenvalue weighted by Gasteiger charge is 2.02. The minimum Gasteiger partial charge on any atom is -0.456 e. The van der Waals surface area contributed by atoms with Crippen molar-refractivity contribution >= 4 is 0 Å². The zero-order chi connectivity index (χ0) is 12.3. The number of benzene rings is 1. The molecule has 0 unspecified atom stereocenters. The molecule has 0 spiro atoms. The Morgan fingerprint density at radius 2 is 2.06 bits per heavy atom. The molecule has 1 aromatic heterocycles. The van der Waals surface area contributed by atoms with E-state index in [4.69, 9.17) is 10.5 Å². The predicted molar refractivity (Wildman–Crippen MR) is 63.3 cm³/mol. The Bertz CT molecular complexity index is 529. The van der Waals surface area contributed by atoms with Gasteiger partial charge in [-0.3, -0.25) is 4.98 Å². The molecule has 3 nitrogen and oxygen atoms in total. The van der Waals surface area contributed by atoms with Crippen LogP contribution in [-0.4, -0.2) is 4.98 Å². The lowest BCUT2D eigenvalue weighted by Crippen LogP contribution is -1.97. The van der Waals surface area contributed by atoms with Crippen LogP contribution in [0.4, 0.5) is 4.39 Å². The third kappa shape index (κ3) is 2.79. The highest BCUT2D eigenvalue weighted by molar-refractivity contribution is 5.34. The zero-order valence-electron chi connectivity index (χ0n) is 9.48. The second-order valence-electron chi connectivity index (χ2n) is 3.75. The third-order valence-corrected chi connectivity index (χ3v) is 2.37. The largest absolute Gasteiger partial charge is 0.456 e. The van der Waals surface area contributed by atoms with Crippen molar-refractivity contribution in [2.75, 3.05) is 0 Å². The molecule has 0 fully saturated rings. The number of aromatic nitrogens is 1. The molecule has 0 aliphatic heterocycles. The first-order valence-electron chi connectivity index (χ1n) is 5.27. The van der Waals surface area contributed by atoms with Gasteiger partial charge in [-0.05, 0) is 42.3 Å². The fraction of sp³-hybridized carbons (Fsp3) is 0.154. The van der Waals surface area contributed by atoms with E-state index in [0.29, 0.717) is 23.6 Å². The monoisotopic (exact) mass is 232 g/mol. The van der Waals surface area contributed by atoms with Gasteiger partial charge in [-0.25, -0.2) is 4.39 Å². The van der Waals surface area contributed by atoms with Gasteiger partial charge < -0.3 is 10.5 Å². The van der Waals surface area contributed by atoms with Crippen LogP contribution >= 0.6 is 0 Å². The standard InChI is InChI=1S/C13H13FN2O/c1-9-4-11(2-3-13(9)14)17-12-5-10(6-15)7-16-8-12/h2-5,7-8H,6,15H2,1H3. The molecule has 1 aromatic carbocycles. The highest BCUT2D eigenvalue weighted by atomic mass is 19.1. The zero-order valence-corrected chi connectivity index (χ0v) is 9.48. The van der Waals surface area contributed by atoms with E-state index in [1.165, 1.54) is 6.07 Å². The number of nitrogens with zero attached hydrogens (tertiary/aromatic N) is 1. The molecule has 88 valence electrons. The molecule has 1 heterocycles. The number of halogens is 1. The number of rotatable bonds is 3. The third-order valence-electron chi connectivity index (χ3n) is 2.37. The Balaban J connectivity index is 2.22. The number of nitrogens with two attached hydrogens (primary N) is 1. The van der Waals surface area contributed by atoms with E-state index >= 15 is 0 Å². The van der Waals surface area contributed by atoms with Crippen molar-refractivity contribution in [1.82, 2.24) is 4.98 Å². The Morgan fingerprint density at radius 3 is 2.76 bits per heavy atom. The van der Waals surface area contributed by atoms with E-state index in [9.17, 15) is 4.39 Å². The summed E-state index contributed by atoms with van der Waals surface area (Å²) in [4.78, 5) is 4.01. The van der Waals surface area contributed by atoms with Gasteiger partial charge in [0.25, 0.3) is 0 Å². The van der Waals surface area contributed by atoms with Gasteiger partial charge >= 0.3 is 0 Å². The van der Waals surface area contributed by atoms with Crippen LogP contribution in [0.15, 0.2) is 36.7 Å². The Hall–Kier alpha value is -1.94. The summed E-state index contributed by atoms with van der Waals surface area (Å²) >= 11 is 0. The first-order valence-corrected chi connectivity index (χ1v) is 5.27. The fourth-order valence-electron chi connectivity index (χ4n) is 1.45. The molecule has 2 rings (SSSR count). The SMILES string of the molecule is Cc1cc(Oc2cncc(CN)c2)ccc1F. The molecular weight excluding hydrogens is 219 g/mol. The van der Waals surface area contributed by atoms with Crippen molar-refractivity contribution in [1.29, 1.82) is 0 Å². The van der Waals surface area contributed by atoms with Crippen molar-refractivity contribution in [2.24, 2.45) is 5.73 Å². The van der Waals surface area contributed by atoms with E-state index in [1.807, 2.05) is 6.07 Å². The normalized spacial score (nSPS) is 10.3. The van der Waals surface area contributed by atoms with Gasteiger partial charge in [-0.15, -0.1) is 0 Å². The van der Waals surface area contributed by atoms with Crippen LogP contribution in [0.25, 0.3) is 0 Å². The average molecular weight is 232 g/mol. The lowest BCUT2D eigenvalue weighted by atomic mass is 10.2. The molecule has 2 N–H and O–H groups in total. The maximum absolute atomic E-state index is 13.1. The summed E-state index contributed by atoms with van der Waals surface area (Å²) < 4.78 is 18.6. The predicted octanol–water partition coefficient (Wildman–Crippen LogP) is 2.78. The maximum Gasteiger partial charge on any atom is 0.146 e. The van der Waals surface area contributed by atoms with Crippen LogP contribution in [0, 0.1) is 12.7 Å². The van der Waals surface area contributed by atoms with Gasteiger partial charge in [0.15, 0.2) is 0 Å². The molecule has 0 saturated carbocycles. The summed E-state index contributed by atoms with van der Waals surface area (Å²) in [7, 11) is 0. The van der Waals surface area contributed by atoms with E-state index in [0.717, 1.165) is 5.56 Å². The summed E-state index contributed by atoms with van der Waals surface area (Å²) in [5, 5.41) is 0. The molecule has 0 saturated heterocycles. The van der Waals surface area contributed by atoms with Gasteiger partial charge in [0.2, 0.25) is 0 Å². The molecule has 0 bridgehead atoms. The average Bonchev–Trinajstić information content (AvgIpc) is 2.34. The van der Waals surface area contributed by atoms with E-state index in [2.05, 4.69) is 4.98 Å². The maximum atomic E-state index is 13.1. The molecule has 0 aliphatic rings. The summed E-state index contributed by atoms with van der Waals surface area (Å²) in [6.45, 7) is 2.10. The van der Waals surface area contributed by atoms with Crippen molar-refractivity contribution in [2.45, 2.75) is 13.5 Å². The molecule has 0 radical (unpaired) electrons. The van der Waals surface area contributed by atoms with Crippen LogP contribution in [0.5, 0.6) is 11.5 Å². The summed E-state index contributed by atoms with van der Waals surface area (Å²) in [5.41, 5.74) is 6.95. The Labute approximate surface area is 99.1 Å². The molecule has 4 heteroatoms. The van der Waals surface area contributed by atoms with Crippen LogP contribution < -0.4 is 10.5 Å². The van der Waals surface area contributed by atoms with Crippen molar-refractivity contribution in [3.63, 3.8) is 0 Å². The van der Waals surface area contributed by atoms with Crippen LogP contribution in [0.2, 0.25) is 0 Å². The summed E-state index contributed by atoms with van der Waals surface area (Å²) in [6.07, 6.45) is 3.28. The molecular formula is C13H13FN2O. The number of aryl methyl sites for hydroxylation is 1. The molecule has 17 heavy (non-hydrogen) atoms. The van der Waals surface area contributed by atoms with Gasteiger partial charge in [0, 0.05) is 12.7 Å². The quantitative estimate of drug-likeness (QED) is 0.885. The number of hydrogen-bond acceptors (Lipinski definition) is 3. The topological polar surface area (TPSA) is 48.1 Å². The van der Waals surface area contributed by atoms with Crippen LogP contribution in [-0.2, 0) is 6.54 Å². The molecule has 0 aliphatic carbocycles. The second kappa shape index (κ2) is 4.93. The number of ether oxygens (including phenoxy) is 1. The fourth-order valence-corrected chi connectivity index (χ4v) is 1.45. The van der Waals surface area contributed by atoms with E-state index < -0.39 is 0 Å². The number of hydrogen-bond donors (Lipinski definition) is 1. The summed E-state index contributed by atoms with van der Waals surface area (Å²) in [6, 6.07) is 6.42. The molecule has 0 amide bonds. The first-order chi connectivity index (χ1) is 8.19. The molecule has 0 atom stereocenters. The lowest BCUT2D eigenvalue weighted by Gasteiger charge is -2.07. The van der Waals surface area contributed by atoms with Crippen molar-refractivity contribution in [3.05, 3.63) is 53.6 Å². The van der Waals surface area contributed by atoms with E-state index in [1.54, 1.807) is 31.5 Å². The van der Waals surface area contributed by atoms with Gasteiger partial charge in [-0.1, -0.05) is 0 Å². The van der Waals surface area contributed by atoms with E-state index in [-0.39, 0.29) is 5.82 Å². The smallest absolute Gasteiger partial charge is 0.146 e. The lowest BCUT2D eigenvalue weighted by molar-refractivity contribution is 0.476. The first kappa shape index (κ1) is 11.5. The summed E-state index contributed by atoms with van der Waals surface area (Å²) in [5.74, 6) is 0.935. The van der Waals surface area contributed by atoms with Gasteiger partial charge in [-0.2, -0.15) is 0 Å². The van der Waals surface area contributed by atoms with Crippen LogP contribution in [0.1, 0.15) is 11.1 Å². The highest BCUT2D eigenvalue weighted by Crippen LogP contribution is 2.23. The van der Waals surface area contributed by atoms with Gasteiger partial charge in [0.1, 0.15) is 17.3 Å². The Kier molecular flexibility index (Phi) is 3.35. The van der Waals surface area contributed by atoms with Crippen molar-refractivity contribution < 1.29 is 9.13 Å². The Morgan fingerprint density at radius 1 is 1.24 bits per heavy atom. The van der Waals surface area contributed by atoms with Gasteiger partial charge in [0.05, 0.1) is 6.20 Å². The minimum absolute atomic E-state index is 0.244. The van der Waals surface area contributed by atoms with Crippen LogP contribution in [0.3, 0.4) is 0 Å². The number of pyridine rings is 1.